The zero-order valence-electron chi connectivity index (χ0n) is 14.8. The van der Waals surface area contributed by atoms with E-state index in [2.05, 4.69) is 10.3 Å². The molecule has 26 heavy (non-hydrogen) atoms. The highest BCUT2D eigenvalue weighted by molar-refractivity contribution is 7.89. The van der Waals surface area contributed by atoms with E-state index in [-0.39, 0.29) is 5.75 Å². The lowest BCUT2D eigenvalue weighted by Gasteiger charge is -2.23. The maximum absolute atomic E-state index is 12.6. The topological polar surface area (TPSA) is 65.0 Å². The van der Waals surface area contributed by atoms with Crippen LogP contribution in [0, 0.1) is 0 Å². The van der Waals surface area contributed by atoms with Gasteiger partial charge in [-0.05, 0) is 24.1 Å². The van der Waals surface area contributed by atoms with E-state index in [0.29, 0.717) is 44.1 Å². The van der Waals surface area contributed by atoms with Crippen LogP contribution in [0.4, 0.5) is 13.2 Å². The largest absolute Gasteiger partial charge is 0.416 e. The van der Waals surface area contributed by atoms with Crippen LogP contribution in [0.1, 0.15) is 17.5 Å². The maximum atomic E-state index is 12.6. The number of halogens is 3. The molecule has 1 fully saturated rings. The van der Waals surface area contributed by atoms with E-state index in [1.807, 2.05) is 0 Å². The van der Waals surface area contributed by atoms with Gasteiger partial charge in [-0.1, -0.05) is 12.1 Å². The predicted molar refractivity (Wildman–Crippen MR) is 94.2 cm³/mol. The molecule has 0 aliphatic carbocycles. The first-order valence-electron chi connectivity index (χ1n) is 8.19. The lowest BCUT2D eigenvalue weighted by atomic mass is 10.1. The molecule has 1 aromatic rings. The molecule has 0 bridgehead atoms. The summed E-state index contributed by atoms with van der Waals surface area (Å²) in [7, 11) is 0.230. The third kappa shape index (κ3) is 5.34. The van der Waals surface area contributed by atoms with Crippen molar-refractivity contribution in [1.82, 2.24) is 14.5 Å². The minimum absolute atomic E-state index is 0.190. The Morgan fingerprint density at radius 3 is 2.46 bits per heavy atom. The van der Waals surface area contributed by atoms with Crippen LogP contribution < -0.4 is 5.32 Å². The van der Waals surface area contributed by atoms with Crippen molar-refractivity contribution in [2.45, 2.75) is 19.1 Å². The van der Waals surface area contributed by atoms with Gasteiger partial charge in [0.2, 0.25) is 10.0 Å². The van der Waals surface area contributed by atoms with E-state index in [4.69, 9.17) is 0 Å². The minimum Gasteiger partial charge on any atom is -0.355 e. The molecule has 1 aromatic carbocycles. The Labute approximate surface area is 151 Å². The number of aliphatic imine (C=N–C) groups is 1. The van der Waals surface area contributed by atoms with E-state index in [9.17, 15) is 21.6 Å². The molecule has 1 N–H and O–H groups in total. The molecule has 1 aliphatic rings. The van der Waals surface area contributed by atoms with Crippen molar-refractivity contribution >= 4 is 16.0 Å². The first-order chi connectivity index (χ1) is 12.1. The van der Waals surface area contributed by atoms with Gasteiger partial charge in [0.15, 0.2) is 5.96 Å². The number of rotatable bonds is 5. The van der Waals surface area contributed by atoms with Crippen molar-refractivity contribution in [3.05, 3.63) is 35.4 Å². The summed E-state index contributed by atoms with van der Waals surface area (Å²) < 4.78 is 62.8. The summed E-state index contributed by atoms with van der Waals surface area (Å²) >= 11 is 0. The average molecular weight is 392 g/mol. The van der Waals surface area contributed by atoms with Crippen LogP contribution >= 0.6 is 0 Å². The summed E-state index contributed by atoms with van der Waals surface area (Å²) in [6, 6.07) is 4.97. The Hall–Kier alpha value is -1.81. The number of nitrogens with zero attached hydrogens (tertiary/aromatic N) is 3. The summed E-state index contributed by atoms with van der Waals surface area (Å²) in [5, 5.41) is 3.08. The Morgan fingerprint density at radius 2 is 1.96 bits per heavy atom. The van der Waals surface area contributed by atoms with Gasteiger partial charge in [0, 0.05) is 40.3 Å². The molecule has 0 amide bonds. The van der Waals surface area contributed by atoms with Crippen LogP contribution in [-0.2, 0) is 22.7 Å². The molecule has 0 atom stereocenters. The fourth-order valence-corrected chi connectivity index (χ4v) is 4.30. The maximum Gasteiger partial charge on any atom is 0.416 e. The highest BCUT2D eigenvalue weighted by atomic mass is 32.2. The van der Waals surface area contributed by atoms with E-state index < -0.39 is 21.8 Å². The zero-order valence-corrected chi connectivity index (χ0v) is 15.6. The van der Waals surface area contributed by atoms with E-state index in [1.54, 1.807) is 19.0 Å². The van der Waals surface area contributed by atoms with Crippen LogP contribution in [0.25, 0.3) is 0 Å². The Morgan fingerprint density at radius 1 is 1.31 bits per heavy atom. The van der Waals surface area contributed by atoms with Crippen LogP contribution in [0.3, 0.4) is 0 Å². The summed E-state index contributed by atoms with van der Waals surface area (Å²) in [4.78, 5) is 5.89. The zero-order chi connectivity index (χ0) is 19.4. The van der Waals surface area contributed by atoms with Gasteiger partial charge in [-0.3, -0.25) is 4.99 Å². The number of hydrogen-bond acceptors (Lipinski definition) is 3. The Kier molecular flexibility index (Phi) is 6.51. The summed E-state index contributed by atoms with van der Waals surface area (Å²) in [5.74, 6) is 0.733. The molecule has 0 unspecified atom stereocenters. The molecule has 0 spiro atoms. The van der Waals surface area contributed by atoms with Gasteiger partial charge in [-0.2, -0.15) is 13.2 Å². The van der Waals surface area contributed by atoms with Gasteiger partial charge in [-0.25, -0.2) is 12.7 Å². The number of nitrogens with one attached hydrogen (secondary N) is 1. The van der Waals surface area contributed by atoms with Crippen molar-refractivity contribution in [3.63, 3.8) is 0 Å². The molecule has 1 heterocycles. The summed E-state index contributed by atoms with van der Waals surface area (Å²) in [6.07, 6.45) is -3.71. The highest BCUT2D eigenvalue weighted by Crippen LogP contribution is 2.29. The first-order valence-corrected chi connectivity index (χ1v) is 9.80. The number of guanidine groups is 1. The van der Waals surface area contributed by atoms with Gasteiger partial charge in [0.05, 0.1) is 11.3 Å². The standard InChI is InChI=1S/C16H23F3N4O2S/c1-20-15(21-8-10-23-9-3-11-26(23,24)25)22(2)12-13-4-6-14(7-5-13)16(17,18)19/h4-7H,3,8-12H2,1-2H3,(H,20,21). The van der Waals surface area contributed by atoms with Gasteiger partial charge >= 0.3 is 6.18 Å². The second kappa shape index (κ2) is 8.26. The SMILES string of the molecule is CN=C(NCCN1CCCS1(=O)=O)N(C)Cc1ccc(C(F)(F)F)cc1. The number of hydrogen-bond donors (Lipinski definition) is 1. The molecular weight excluding hydrogens is 369 g/mol. The van der Waals surface area contributed by atoms with Gasteiger partial charge in [-0.15, -0.1) is 0 Å². The Bertz CT molecular complexity index is 733. The molecule has 1 saturated heterocycles. The Balaban J connectivity index is 1.87. The fraction of sp³-hybridized carbons (Fsp3) is 0.562. The third-order valence-corrected chi connectivity index (χ3v) is 6.08. The highest BCUT2D eigenvalue weighted by Gasteiger charge is 2.30. The average Bonchev–Trinajstić information content (AvgIpc) is 2.89. The first kappa shape index (κ1) is 20.5. The van der Waals surface area contributed by atoms with E-state index in [1.165, 1.54) is 16.4 Å². The van der Waals surface area contributed by atoms with Crippen molar-refractivity contribution in [2.24, 2.45) is 4.99 Å². The molecule has 0 saturated carbocycles. The van der Waals surface area contributed by atoms with E-state index >= 15 is 0 Å². The summed E-state index contributed by atoms with van der Waals surface area (Å²) in [6.45, 7) is 1.67. The smallest absolute Gasteiger partial charge is 0.355 e. The van der Waals surface area contributed by atoms with Crippen LogP contribution in [0.2, 0.25) is 0 Å². The van der Waals surface area contributed by atoms with Gasteiger partial charge in [0.25, 0.3) is 0 Å². The quantitative estimate of drug-likeness (QED) is 0.613. The normalized spacial score (nSPS) is 18.1. The number of sulfonamides is 1. The van der Waals surface area contributed by atoms with Gasteiger partial charge in [0.1, 0.15) is 0 Å². The lowest BCUT2D eigenvalue weighted by molar-refractivity contribution is -0.137. The third-order valence-electron chi connectivity index (χ3n) is 4.12. The predicted octanol–water partition coefficient (Wildman–Crippen LogP) is 1.75. The molecule has 0 aromatic heterocycles. The van der Waals surface area contributed by atoms with Crippen LogP contribution in [0.5, 0.6) is 0 Å². The molecule has 146 valence electrons. The van der Waals surface area contributed by atoms with Crippen molar-refractivity contribution < 1.29 is 21.6 Å². The second-order valence-corrected chi connectivity index (χ2v) is 8.18. The molecule has 0 radical (unpaired) electrons. The van der Waals surface area contributed by atoms with E-state index in [0.717, 1.165) is 12.1 Å². The molecule has 10 heteroatoms. The molecule has 6 nitrogen and oxygen atoms in total. The monoisotopic (exact) mass is 392 g/mol. The second-order valence-electron chi connectivity index (χ2n) is 6.09. The van der Waals surface area contributed by atoms with Crippen molar-refractivity contribution in [1.29, 1.82) is 0 Å². The van der Waals surface area contributed by atoms with Crippen LogP contribution in [0.15, 0.2) is 29.3 Å². The van der Waals surface area contributed by atoms with Gasteiger partial charge < -0.3 is 10.2 Å². The lowest BCUT2D eigenvalue weighted by Crippen LogP contribution is -2.42. The summed E-state index contributed by atoms with van der Waals surface area (Å²) in [5.41, 5.74) is 0.0313. The van der Waals surface area contributed by atoms with Crippen LogP contribution in [-0.4, -0.2) is 63.1 Å². The number of alkyl halides is 3. The van der Waals surface area contributed by atoms with Crippen molar-refractivity contribution in [3.8, 4) is 0 Å². The number of benzene rings is 1. The van der Waals surface area contributed by atoms with Crippen molar-refractivity contribution in [2.75, 3.05) is 39.5 Å². The minimum atomic E-state index is -4.35. The molecule has 1 aliphatic heterocycles. The molecule has 2 rings (SSSR count). The molecular formula is C16H23F3N4O2S. The fourth-order valence-electron chi connectivity index (χ4n) is 2.77.